The monoisotopic (exact) mass is 235 g/mol. The molecule has 2 rings (SSSR count). The van der Waals surface area contributed by atoms with Crippen molar-refractivity contribution in [3.8, 4) is 23.2 Å². The Labute approximate surface area is 95.1 Å². The number of hydrogen-bond acceptors (Lipinski definition) is 5. The maximum atomic E-state index is 13.4. The van der Waals surface area contributed by atoms with Crippen LogP contribution in [-0.2, 0) is 0 Å². The third-order valence-corrected chi connectivity index (χ3v) is 2.55. The molecule has 0 unspecified atom stereocenters. The van der Waals surface area contributed by atoms with Gasteiger partial charge in [-0.25, -0.2) is 9.37 Å². The average molecular weight is 235 g/mol. The van der Waals surface area contributed by atoms with E-state index in [1.165, 1.54) is 19.2 Å². The number of benzene rings is 1. The van der Waals surface area contributed by atoms with Crippen LogP contribution in [0.5, 0.6) is 5.75 Å². The summed E-state index contributed by atoms with van der Waals surface area (Å²) in [4.78, 5) is 3.93. The Morgan fingerprint density at radius 3 is 2.88 bits per heavy atom. The summed E-state index contributed by atoms with van der Waals surface area (Å²) in [5, 5.41) is 8.85. The molecule has 1 aromatic carbocycles. The number of ether oxygens (including phenoxy) is 1. The first kappa shape index (κ1) is 10.5. The van der Waals surface area contributed by atoms with Gasteiger partial charge in [0, 0.05) is 5.56 Å². The van der Waals surface area contributed by atoms with Crippen LogP contribution in [0.3, 0.4) is 0 Å². The fourth-order valence-corrected chi connectivity index (χ4v) is 1.68. The van der Waals surface area contributed by atoms with Gasteiger partial charge in [0.2, 0.25) is 5.01 Å². The van der Waals surface area contributed by atoms with Crippen LogP contribution in [0.15, 0.2) is 18.2 Å². The molecular formula is C10H6FN3OS. The van der Waals surface area contributed by atoms with Gasteiger partial charge in [0.15, 0.2) is 17.4 Å². The molecule has 6 heteroatoms. The molecule has 0 atom stereocenters. The van der Waals surface area contributed by atoms with Gasteiger partial charge in [-0.3, -0.25) is 0 Å². The zero-order chi connectivity index (χ0) is 11.5. The van der Waals surface area contributed by atoms with Gasteiger partial charge < -0.3 is 4.74 Å². The van der Waals surface area contributed by atoms with Crippen LogP contribution >= 0.6 is 11.5 Å². The van der Waals surface area contributed by atoms with E-state index in [9.17, 15) is 4.39 Å². The number of methoxy groups -OCH3 is 1. The van der Waals surface area contributed by atoms with Crippen LogP contribution in [0.2, 0.25) is 0 Å². The van der Waals surface area contributed by atoms with Crippen molar-refractivity contribution in [3.63, 3.8) is 0 Å². The molecule has 0 saturated carbocycles. The topological polar surface area (TPSA) is 58.8 Å². The van der Waals surface area contributed by atoms with Crippen molar-refractivity contribution in [2.24, 2.45) is 0 Å². The molecule has 0 aliphatic heterocycles. The average Bonchev–Trinajstić information content (AvgIpc) is 2.77. The Morgan fingerprint density at radius 2 is 2.31 bits per heavy atom. The molecule has 0 fully saturated rings. The minimum atomic E-state index is -0.478. The van der Waals surface area contributed by atoms with E-state index in [1.807, 2.05) is 6.07 Å². The van der Waals surface area contributed by atoms with E-state index < -0.39 is 5.82 Å². The summed E-state index contributed by atoms with van der Waals surface area (Å²) in [6, 6.07) is 6.30. The molecule has 0 radical (unpaired) electrons. The van der Waals surface area contributed by atoms with Gasteiger partial charge >= 0.3 is 0 Å². The fraction of sp³-hybridized carbons (Fsp3) is 0.100. The molecule has 1 aromatic heterocycles. The fourth-order valence-electron chi connectivity index (χ4n) is 1.19. The van der Waals surface area contributed by atoms with E-state index in [-0.39, 0.29) is 10.8 Å². The van der Waals surface area contributed by atoms with Crippen molar-refractivity contribution in [2.75, 3.05) is 7.11 Å². The first-order valence-electron chi connectivity index (χ1n) is 4.32. The van der Waals surface area contributed by atoms with Crippen molar-refractivity contribution < 1.29 is 9.13 Å². The summed E-state index contributed by atoms with van der Waals surface area (Å²) in [5.74, 6) is 0.0379. The first-order valence-corrected chi connectivity index (χ1v) is 5.09. The third-order valence-electron chi connectivity index (χ3n) is 1.93. The number of nitrogens with zero attached hydrogens (tertiary/aromatic N) is 3. The second-order valence-electron chi connectivity index (χ2n) is 2.88. The van der Waals surface area contributed by atoms with Crippen molar-refractivity contribution in [1.29, 1.82) is 5.26 Å². The summed E-state index contributed by atoms with van der Waals surface area (Å²) < 4.78 is 22.1. The number of nitriles is 1. The van der Waals surface area contributed by atoms with E-state index in [0.29, 0.717) is 11.4 Å². The lowest BCUT2D eigenvalue weighted by atomic mass is 10.2. The molecule has 0 saturated heterocycles. The summed E-state index contributed by atoms with van der Waals surface area (Å²) in [6.07, 6.45) is 0. The van der Waals surface area contributed by atoms with Gasteiger partial charge in [-0.15, -0.1) is 0 Å². The third kappa shape index (κ3) is 1.85. The smallest absolute Gasteiger partial charge is 0.214 e. The highest BCUT2D eigenvalue weighted by Gasteiger charge is 2.09. The van der Waals surface area contributed by atoms with Crippen LogP contribution in [-0.4, -0.2) is 16.5 Å². The normalized spacial score (nSPS) is 9.81. The lowest BCUT2D eigenvalue weighted by Crippen LogP contribution is -1.89. The highest BCUT2D eigenvalue weighted by molar-refractivity contribution is 7.06. The number of hydrogen-bond donors (Lipinski definition) is 0. The standard InChI is InChI=1S/C10H6FN3OS/c1-15-8-3-2-6(4-7(8)11)10-13-9(5-12)16-14-10/h2-4H,1H3. The molecule has 0 aliphatic carbocycles. The Bertz CT molecular complexity index is 561. The Balaban J connectivity index is 2.42. The lowest BCUT2D eigenvalue weighted by molar-refractivity contribution is 0.386. The van der Waals surface area contributed by atoms with E-state index in [1.54, 1.807) is 6.07 Å². The van der Waals surface area contributed by atoms with Gasteiger partial charge in [-0.05, 0) is 29.7 Å². The molecule has 80 valence electrons. The van der Waals surface area contributed by atoms with E-state index in [4.69, 9.17) is 10.00 Å². The van der Waals surface area contributed by atoms with Crippen LogP contribution in [0.1, 0.15) is 5.01 Å². The molecule has 0 amide bonds. The van der Waals surface area contributed by atoms with E-state index in [0.717, 1.165) is 11.5 Å². The van der Waals surface area contributed by atoms with Gasteiger partial charge in [-0.2, -0.15) is 9.64 Å². The SMILES string of the molecule is COc1ccc(-c2nsc(C#N)n2)cc1F. The van der Waals surface area contributed by atoms with Crippen molar-refractivity contribution in [3.05, 3.63) is 29.0 Å². The van der Waals surface area contributed by atoms with Crippen molar-refractivity contribution in [1.82, 2.24) is 9.36 Å². The van der Waals surface area contributed by atoms with E-state index in [2.05, 4.69) is 9.36 Å². The van der Waals surface area contributed by atoms with Crippen LogP contribution in [0.4, 0.5) is 4.39 Å². The predicted molar refractivity (Wildman–Crippen MR) is 56.6 cm³/mol. The molecule has 4 nitrogen and oxygen atoms in total. The minimum Gasteiger partial charge on any atom is -0.494 e. The Morgan fingerprint density at radius 1 is 1.50 bits per heavy atom. The highest BCUT2D eigenvalue weighted by atomic mass is 32.1. The second-order valence-corrected chi connectivity index (χ2v) is 3.64. The van der Waals surface area contributed by atoms with Gasteiger partial charge in [-0.1, -0.05) is 0 Å². The zero-order valence-electron chi connectivity index (χ0n) is 8.27. The maximum absolute atomic E-state index is 13.4. The van der Waals surface area contributed by atoms with Crippen LogP contribution in [0.25, 0.3) is 11.4 Å². The van der Waals surface area contributed by atoms with Gasteiger partial charge in [0.1, 0.15) is 6.07 Å². The van der Waals surface area contributed by atoms with Gasteiger partial charge in [0.05, 0.1) is 7.11 Å². The summed E-state index contributed by atoms with van der Waals surface area (Å²) in [5.41, 5.74) is 0.524. The molecule has 0 spiro atoms. The van der Waals surface area contributed by atoms with Crippen LogP contribution in [0, 0.1) is 17.1 Å². The van der Waals surface area contributed by atoms with E-state index >= 15 is 0 Å². The number of aromatic nitrogens is 2. The molecular weight excluding hydrogens is 229 g/mol. The number of rotatable bonds is 2. The first-order chi connectivity index (χ1) is 7.74. The summed E-state index contributed by atoms with van der Waals surface area (Å²) in [7, 11) is 1.40. The highest BCUT2D eigenvalue weighted by Crippen LogP contribution is 2.24. The van der Waals surface area contributed by atoms with Gasteiger partial charge in [0.25, 0.3) is 0 Å². The minimum absolute atomic E-state index is 0.166. The molecule has 16 heavy (non-hydrogen) atoms. The summed E-state index contributed by atoms with van der Waals surface area (Å²) in [6.45, 7) is 0. The number of halogens is 1. The predicted octanol–water partition coefficient (Wildman–Crippen LogP) is 2.22. The lowest BCUT2D eigenvalue weighted by Gasteiger charge is -2.02. The maximum Gasteiger partial charge on any atom is 0.214 e. The second kappa shape index (κ2) is 4.24. The zero-order valence-corrected chi connectivity index (χ0v) is 9.08. The van der Waals surface area contributed by atoms with Crippen LogP contribution < -0.4 is 4.74 Å². The molecule has 1 heterocycles. The van der Waals surface area contributed by atoms with Crippen molar-refractivity contribution in [2.45, 2.75) is 0 Å². The Kier molecular flexibility index (Phi) is 2.79. The summed E-state index contributed by atoms with van der Waals surface area (Å²) >= 11 is 0.984. The quantitative estimate of drug-likeness (QED) is 0.800. The molecule has 0 N–H and O–H groups in total. The van der Waals surface area contributed by atoms with Crippen molar-refractivity contribution >= 4 is 11.5 Å². The Hall–Kier alpha value is -2.00. The largest absolute Gasteiger partial charge is 0.494 e. The molecule has 2 aromatic rings. The molecule has 0 bridgehead atoms. The molecule has 0 aliphatic rings.